The second-order valence-corrected chi connectivity index (χ2v) is 2.35. The van der Waals surface area contributed by atoms with E-state index in [2.05, 4.69) is 48.5 Å². The number of halogens is 1. The van der Waals surface area contributed by atoms with Crippen LogP contribution in [0.15, 0.2) is 48.5 Å². The summed E-state index contributed by atoms with van der Waals surface area (Å²) < 4.78 is 0. The van der Waals surface area contributed by atoms with Crippen LogP contribution in [0.25, 0.3) is 10.8 Å². The van der Waals surface area contributed by atoms with Crippen molar-refractivity contribution in [1.82, 2.24) is 0 Å². The second kappa shape index (κ2) is 5.41. The Morgan fingerprint density at radius 1 is 0.583 bits per heavy atom. The van der Waals surface area contributed by atoms with Crippen LogP contribution >= 0.6 is 12.4 Å². The molecule has 0 amide bonds. The molecule has 0 atom stereocenters. The minimum absolute atomic E-state index is 0. The average molecular weight is 191 g/mol. The van der Waals surface area contributed by atoms with Gasteiger partial charge in [-0.25, -0.2) is 0 Å². The van der Waals surface area contributed by atoms with Gasteiger partial charge >= 0.3 is 23.1 Å². The lowest BCUT2D eigenvalue weighted by atomic mass is 10.1. The Morgan fingerprint density at radius 2 is 0.833 bits per heavy atom. The molecule has 0 saturated heterocycles. The summed E-state index contributed by atoms with van der Waals surface area (Å²) in [5.74, 6) is 0. The maximum Gasteiger partial charge on any atom is 0.316 e. The summed E-state index contributed by atoms with van der Waals surface area (Å²) in [5.41, 5.74) is 0. The molecule has 2 aromatic rings. The van der Waals surface area contributed by atoms with E-state index in [0.29, 0.717) is 0 Å². The van der Waals surface area contributed by atoms with Crippen LogP contribution < -0.4 is 0 Å². The molecule has 0 nitrogen and oxygen atoms in total. The van der Waals surface area contributed by atoms with Crippen molar-refractivity contribution in [2.45, 2.75) is 0 Å². The van der Waals surface area contributed by atoms with Gasteiger partial charge in [-0.3, -0.25) is 0 Å². The molecule has 2 heteroatoms. The third kappa shape index (κ3) is 2.37. The van der Waals surface area contributed by atoms with Crippen LogP contribution in [0.4, 0.5) is 0 Å². The van der Waals surface area contributed by atoms with Gasteiger partial charge in [0.05, 0.1) is 0 Å². The molecule has 0 spiro atoms. The highest BCUT2D eigenvalue weighted by atomic mass is 35.5. The van der Waals surface area contributed by atoms with Crippen molar-refractivity contribution >= 4 is 46.2 Å². The zero-order chi connectivity index (χ0) is 6.81. The van der Waals surface area contributed by atoms with Crippen LogP contribution in [-0.4, -0.2) is 23.1 Å². The number of benzene rings is 2. The van der Waals surface area contributed by atoms with Crippen LogP contribution in [0, 0.1) is 0 Å². The Bertz CT molecular complexity index is 281. The molecule has 0 aliphatic carbocycles. The lowest BCUT2D eigenvalue weighted by Gasteiger charge is -1.92. The van der Waals surface area contributed by atoms with Crippen LogP contribution in [0.3, 0.4) is 0 Å². The fraction of sp³-hybridized carbons (Fsp3) is 0. The van der Waals surface area contributed by atoms with Crippen molar-refractivity contribution in [2.75, 3.05) is 0 Å². The SMILES string of the molecule is Cl.[MgH2].c1ccc2ccccc2c1. The summed E-state index contributed by atoms with van der Waals surface area (Å²) >= 11 is 0. The van der Waals surface area contributed by atoms with Crippen molar-refractivity contribution in [1.29, 1.82) is 0 Å². The lowest BCUT2D eigenvalue weighted by molar-refractivity contribution is 1.75. The van der Waals surface area contributed by atoms with Gasteiger partial charge < -0.3 is 0 Å². The van der Waals surface area contributed by atoms with E-state index in [1.165, 1.54) is 10.8 Å². The summed E-state index contributed by atoms with van der Waals surface area (Å²) in [7, 11) is 0. The lowest BCUT2D eigenvalue weighted by Crippen LogP contribution is -1.67. The van der Waals surface area contributed by atoms with E-state index in [1.54, 1.807) is 0 Å². The molecule has 0 aliphatic heterocycles. The highest BCUT2D eigenvalue weighted by Crippen LogP contribution is 2.11. The smallest absolute Gasteiger partial charge is 0.147 e. The van der Waals surface area contributed by atoms with E-state index in [9.17, 15) is 0 Å². The van der Waals surface area contributed by atoms with E-state index >= 15 is 0 Å². The van der Waals surface area contributed by atoms with Crippen molar-refractivity contribution in [3.63, 3.8) is 0 Å². The number of rotatable bonds is 0. The Hall–Kier alpha value is -0.244. The van der Waals surface area contributed by atoms with Crippen LogP contribution in [0.1, 0.15) is 0 Å². The summed E-state index contributed by atoms with van der Waals surface area (Å²) in [6.07, 6.45) is 0. The number of hydrogen-bond acceptors (Lipinski definition) is 0. The molecule has 0 radical (unpaired) electrons. The first-order valence-corrected chi connectivity index (χ1v) is 3.40. The first-order chi connectivity index (χ1) is 4.97. The van der Waals surface area contributed by atoms with E-state index in [4.69, 9.17) is 0 Å². The predicted molar refractivity (Wildman–Crippen MR) is 59.7 cm³/mol. The maximum absolute atomic E-state index is 2.12. The molecule has 2 aromatic carbocycles. The monoisotopic (exact) mass is 190 g/mol. The van der Waals surface area contributed by atoms with Crippen LogP contribution in [-0.2, 0) is 0 Å². The van der Waals surface area contributed by atoms with Gasteiger partial charge in [0.1, 0.15) is 0 Å². The van der Waals surface area contributed by atoms with Crippen molar-refractivity contribution < 1.29 is 0 Å². The number of fused-ring (bicyclic) bond motifs is 1. The first kappa shape index (κ1) is 11.8. The molecule has 0 aliphatic rings. The number of hydrogen-bond donors (Lipinski definition) is 0. The summed E-state index contributed by atoms with van der Waals surface area (Å²) in [4.78, 5) is 0. The van der Waals surface area contributed by atoms with Crippen LogP contribution in [0.2, 0.25) is 0 Å². The molecular formula is C10H11ClMg. The molecule has 12 heavy (non-hydrogen) atoms. The third-order valence-corrected chi connectivity index (χ3v) is 1.66. The molecule has 60 valence electrons. The van der Waals surface area contributed by atoms with E-state index in [0.717, 1.165) is 0 Å². The van der Waals surface area contributed by atoms with Crippen LogP contribution in [0.5, 0.6) is 0 Å². The Labute approximate surface area is 94.5 Å². The second-order valence-electron chi connectivity index (χ2n) is 2.35. The van der Waals surface area contributed by atoms with Crippen molar-refractivity contribution in [3.8, 4) is 0 Å². The standard InChI is InChI=1S/C10H8.ClH.Mg.2H/c1-2-6-10-8-4-3-7-9(10)5-1;;;;/h1-8H;1H;;;. The molecule has 0 heterocycles. The highest BCUT2D eigenvalue weighted by Gasteiger charge is 1.85. The maximum atomic E-state index is 2.12. The largest absolute Gasteiger partial charge is 0.316 e. The minimum Gasteiger partial charge on any atom is -0.147 e. The van der Waals surface area contributed by atoms with Gasteiger partial charge in [-0.2, -0.15) is 0 Å². The average Bonchev–Trinajstić information content (AvgIpc) is 2.05. The first-order valence-electron chi connectivity index (χ1n) is 3.40. The zero-order valence-electron chi connectivity index (χ0n) is 6.03. The van der Waals surface area contributed by atoms with Gasteiger partial charge in [0.25, 0.3) is 0 Å². The summed E-state index contributed by atoms with van der Waals surface area (Å²) in [5, 5.41) is 2.62. The fourth-order valence-corrected chi connectivity index (χ4v) is 1.13. The van der Waals surface area contributed by atoms with Gasteiger partial charge in [-0.05, 0) is 10.8 Å². The van der Waals surface area contributed by atoms with E-state index in [1.807, 2.05) is 0 Å². The minimum atomic E-state index is 0. The van der Waals surface area contributed by atoms with Gasteiger partial charge in [-0.1, -0.05) is 48.5 Å². The van der Waals surface area contributed by atoms with Gasteiger partial charge in [0.2, 0.25) is 0 Å². The Morgan fingerprint density at radius 3 is 1.08 bits per heavy atom. The third-order valence-electron chi connectivity index (χ3n) is 1.66. The Kier molecular flexibility index (Phi) is 5.30. The molecule has 0 aromatic heterocycles. The summed E-state index contributed by atoms with van der Waals surface area (Å²) in [6.45, 7) is 0. The molecular weight excluding hydrogens is 180 g/mol. The van der Waals surface area contributed by atoms with Crippen molar-refractivity contribution in [2.24, 2.45) is 0 Å². The molecule has 2 rings (SSSR count). The van der Waals surface area contributed by atoms with E-state index < -0.39 is 0 Å². The molecule has 0 bridgehead atoms. The highest BCUT2D eigenvalue weighted by molar-refractivity contribution is 5.85. The van der Waals surface area contributed by atoms with Gasteiger partial charge in [0, 0.05) is 0 Å². The van der Waals surface area contributed by atoms with E-state index in [-0.39, 0.29) is 35.5 Å². The molecule has 0 fully saturated rings. The van der Waals surface area contributed by atoms with Gasteiger partial charge in [-0.15, -0.1) is 12.4 Å². The molecule has 0 N–H and O–H groups in total. The molecule has 0 unspecified atom stereocenters. The van der Waals surface area contributed by atoms with Gasteiger partial charge in [0.15, 0.2) is 0 Å². The normalized spacial score (nSPS) is 8.33. The predicted octanol–water partition coefficient (Wildman–Crippen LogP) is 2.35. The fourth-order valence-electron chi connectivity index (χ4n) is 1.13. The zero-order valence-corrected chi connectivity index (χ0v) is 6.84. The quantitative estimate of drug-likeness (QED) is 0.560. The molecule has 0 saturated carbocycles. The topological polar surface area (TPSA) is 0 Å². The Balaban J connectivity index is 0.000000605. The summed E-state index contributed by atoms with van der Waals surface area (Å²) in [6, 6.07) is 16.7. The van der Waals surface area contributed by atoms with Crippen molar-refractivity contribution in [3.05, 3.63) is 48.5 Å².